The van der Waals surface area contributed by atoms with Crippen molar-refractivity contribution in [2.45, 2.75) is 12.7 Å². The first kappa shape index (κ1) is 19.7. The highest BCUT2D eigenvalue weighted by Crippen LogP contribution is 2.31. The Morgan fingerprint density at radius 1 is 1.18 bits per heavy atom. The molecule has 28 heavy (non-hydrogen) atoms. The molecule has 2 aromatic carbocycles. The molecule has 1 amide bonds. The van der Waals surface area contributed by atoms with Crippen molar-refractivity contribution in [1.82, 2.24) is 15.5 Å². The van der Waals surface area contributed by atoms with Gasteiger partial charge in [0.1, 0.15) is 5.75 Å². The summed E-state index contributed by atoms with van der Waals surface area (Å²) in [6.45, 7) is -0.509. The number of carbonyl (C=O) groups is 1. The molecule has 0 saturated carbocycles. The number of halogens is 4. The molecule has 0 atom stereocenters. The summed E-state index contributed by atoms with van der Waals surface area (Å²) in [6.07, 6.45) is -4.48. The summed E-state index contributed by atoms with van der Waals surface area (Å²) in [5, 5.41) is 6.86. The maximum atomic E-state index is 12.7. The van der Waals surface area contributed by atoms with Gasteiger partial charge >= 0.3 is 6.18 Å². The van der Waals surface area contributed by atoms with Crippen molar-refractivity contribution in [3.8, 4) is 17.1 Å². The molecule has 0 aliphatic heterocycles. The summed E-state index contributed by atoms with van der Waals surface area (Å²) in [5.41, 5.74) is -0.162. The maximum Gasteiger partial charge on any atom is 0.416 e. The molecule has 3 rings (SSSR count). The first-order chi connectivity index (χ1) is 13.3. The molecule has 10 heteroatoms. The number of hydrogen-bond acceptors (Lipinski definition) is 5. The van der Waals surface area contributed by atoms with E-state index >= 15 is 0 Å². The zero-order valence-electron chi connectivity index (χ0n) is 14.2. The van der Waals surface area contributed by atoms with E-state index in [2.05, 4.69) is 15.5 Å². The van der Waals surface area contributed by atoms with Gasteiger partial charge in [0, 0.05) is 10.6 Å². The Bertz CT molecular complexity index is 958. The monoisotopic (exact) mass is 411 g/mol. The predicted octanol–water partition coefficient (Wildman–Crippen LogP) is 4.10. The lowest BCUT2D eigenvalue weighted by molar-refractivity contribution is -0.137. The lowest BCUT2D eigenvalue weighted by Crippen LogP contribution is -2.28. The van der Waals surface area contributed by atoms with E-state index in [0.29, 0.717) is 16.4 Å². The SMILES string of the molecule is O=C(COc1cccc(C(F)(F)F)c1)NCc1nc(-c2ccc(Cl)cc2)no1. The van der Waals surface area contributed by atoms with Gasteiger partial charge in [-0.25, -0.2) is 0 Å². The molecule has 146 valence electrons. The first-order valence-electron chi connectivity index (χ1n) is 7.96. The summed E-state index contributed by atoms with van der Waals surface area (Å²) >= 11 is 5.81. The highest BCUT2D eigenvalue weighted by Gasteiger charge is 2.30. The van der Waals surface area contributed by atoms with Crippen LogP contribution in [0.3, 0.4) is 0 Å². The third kappa shape index (κ3) is 5.23. The minimum atomic E-state index is -4.48. The molecular formula is C18H13ClF3N3O3. The number of nitrogens with zero attached hydrogens (tertiary/aromatic N) is 2. The molecule has 0 unspecified atom stereocenters. The van der Waals surface area contributed by atoms with Crippen molar-refractivity contribution in [1.29, 1.82) is 0 Å². The quantitative estimate of drug-likeness (QED) is 0.660. The van der Waals surface area contributed by atoms with Crippen LogP contribution in [0.4, 0.5) is 13.2 Å². The molecule has 1 N–H and O–H groups in total. The largest absolute Gasteiger partial charge is 0.484 e. The first-order valence-corrected chi connectivity index (χ1v) is 8.34. The number of hydrogen-bond donors (Lipinski definition) is 1. The standard InChI is InChI=1S/C18H13ClF3N3O3/c19-13-6-4-11(5-7-13)17-24-16(28-25-17)9-23-15(26)10-27-14-3-1-2-12(8-14)18(20,21)22/h1-8H,9-10H2,(H,23,26). The smallest absolute Gasteiger partial charge is 0.416 e. The number of benzene rings is 2. The van der Waals surface area contributed by atoms with Gasteiger partial charge < -0.3 is 14.6 Å². The number of aromatic nitrogens is 2. The van der Waals surface area contributed by atoms with Crippen LogP contribution in [0.15, 0.2) is 53.1 Å². The Kier molecular flexibility index (Phi) is 5.84. The van der Waals surface area contributed by atoms with Gasteiger partial charge in [-0.1, -0.05) is 22.8 Å². The number of amides is 1. The van der Waals surface area contributed by atoms with E-state index in [1.54, 1.807) is 24.3 Å². The normalized spacial score (nSPS) is 11.3. The van der Waals surface area contributed by atoms with Crippen LogP contribution in [0.1, 0.15) is 11.5 Å². The van der Waals surface area contributed by atoms with E-state index in [-0.39, 0.29) is 18.2 Å². The van der Waals surface area contributed by atoms with Gasteiger partial charge in [-0.15, -0.1) is 0 Å². The lowest BCUT2D eigenvalue weighted by atomic mass is 10.2. The Labute approximate surface area is 162 Å². The zero-order valence-corrected chi connectivity index (χ0v) is 14.9. The molecule has 6 nitrogen and oxygen atoms in total. The Hall–Kier alpha value is -3.07. The molecule has 0 aliphatic rings. The minimum Gasteiger partial charge on any atom is -0.484 e. The van der Waals surface area contributed by atoms with E-state index in [0.717, 1.165) is 12.1 Å². The van der Waals surface area contributed by atoms with Crippen molar-refractivity contribution < 1.29 is 27.2 Å². The average Bonchev–Trinajstić information content (AvgIpc) is 3.14. The average molecular weight is 412 g/mol. The van der Waals surface area contributed by atoms with Gasteiger partial charge in [0.05, 0.1) is 12.1 Å². The number of ether oxygens (including phenoxy) is 1. The van der Waals surface area contributed by atoms with Gasteiger partial charge in [-0.05, 0) is 42.5 Å². The summed E-state index contributed by atoms with van der Waals surface area (Å²) in [4.78, 5) is 16.0. The summed E-state index contributed by atoms with van der Waals surface area (Å²) in [7, 11) is 0. The highest BCUT2D eigenvalue weighted by molar-refractivity contribution is 6.30. The van der Waals surface area contributed by atoms with Crippen LogP contribution in [0.2, 0.25) is 5.02 Å². The van der Waals surface area contributed by atoms with Crippen LogP contribution < -0.4 is 10.1 Å². The second-order valence-electron chi connectivity index (χ2n) is 5.61. The van der Waals surface area contributed by atoms with Crippen molar-refractivity contribution in [2.75, 3.05) is 6.61 Å². The van der Waals surface area contributed by atoms with E-state index in [1.807, 2.05) is 0 Å². The summed E-state index contributed by atoms with van der Waals surface area (Å²) < 4.78 is 48.1. The highest BCUT2D eigenvalue weighted by atomic mass is 35.5. The molecule has 1 heterocycles. The van der Waals surface area contributed by atoms with Gasteiger partial charge in [0.25, 0.3) is 5.91 Å². The van der Waals surface area contributed by atoms with Crippen LogP contribution in [-0.4, -0.2) is 22.7 Å². The van der Waals surface area contributed by atoms with E-state index in [1.165, 1.54) is 12.1 Å². The van der Waals surface area contributed by atoms with Crippen LogP contribution in [0.25, 0.3) is 11.4 Å². The Balaban J connectivity index is 1.50. The molecule has 0 bridgehead atoms. The number of rotatable bonds is 6. The van der Waals surface area contributed by atoms with Crippen molar-refractivity contribution in [3.63, 3.8) is 0 Å². The van der Waals surface area contributed by atoms with Gasteiger partial charge in [0.2, 0.25) is 11.7 Å². The van der Waals surface area contributed by atoms with Gasteiger partial charge in [0.15, 0.2) is 6.61 Å². The molecule has 0 spiro atoms. The van der Waals surface area contributed by atoms with Gasteiger partial charge in [-0.2, -0.15) is 18.2 Å². The second kappa shape index (κ2) is 8.30. The third-order valence-corrected chi connectivity index (χ3v) is 3.79. The molecule has 1 aromatic heterocycles. The lowest BCUT2D eigenvalue weighted by Gasteiger charge is -2.10. The van der Waals surface area contributed by atoms with Crippen LogP contribution in [0, 0.1) is 0 Å². The molecule has 0 aliphatic carbocycles. The van der Waals surface area contributed by atoms with Crippen LogP contribution >= 0.6 is 11.6 Å². The van der Waals surface area contributed by atoms with Gasteiger partial charge in [-0.3, -0.25) is 4.79 Å². The fourth-order valence-electron chi connectivity index (χ4n) is 2.18. The molecule has 0 saturated heterocycles. The van der Waals surface area contributed by atoms with E-state index in [9.17, 15) is 18.0 Å². The third-order valence-electron chi connectivity index (χ3n) is 3.54. The topological polar surface area (TPSA) is 77.2 Å². The van der Waals surface area contributed by atoms with Crippen molar-refractivity contribution in [3.05, 3.63) is 65.0 Å². The van der Waals surface area contributed by atoms with Crippen molar-refractivity contribution in [2.24, 2.45) is 0 Å². The Morgan fingerprint density at radius 2 is 1.93 bits per heavy atom. The Morgan fingerprint density at radius 3 is 2.64 bits per heavy atom. The maximum absolute atomic E-state index is 12.7. The van der Waals surface area contributed by atoms with Crippen LogP contribution in [-0.2, 0) is 17.5 Å². The number of alkyl halides is 3. The molecular weight excluding hydrogens is 399 g/mol. The zero-order chi connectivity index (χ0) is 20.1. The van der Waals surface area contributed by atoms with Crippen molar-refractivity contribution >= 4 is 17.5 Å². The molecule has 0 fully saturated rings. The van der Waals surface area contributed by atoms with E-state index < -0.39 is 24.3 Å². The summed E-state index contributed by atoms with van der Waals surface area (Å²) in [6, 6.07) is 11.1. The minimum absolute atomic E-state index is 0.0502. The second-order valence-corrected chi connectivity index (χ2v) is 6.05. The molecule has 3 aromatic rings. The number of nitrogens with one attached hydrogen (secondary N) is 1. The fraction of sp³-hybridized carbons (Fsp3) is 0.167. The van der Waals surface area contributed by atoms with Crippen LogP contribution in [0.5, 0.6) is 5.75 Å². The number of carbonyl (C=O) groups excluding carboxylic acids is 1. The molecule has 0 radical (unpaired) electrons. The van der Waals surface area contributed by atoms with E-state index in [4.69, 9.17) is 20.9 Å². The summed E-state index contributed by atoms with van der Waals surface area (Å²) in [5.74, 6) is -0.116. The predicted molar refractivity (Wildman–Crippen MR) is 93.5 cm³/mol. The fourth-order valence-corrected chi connectivity index (χ4v) is 2.31.